The third-order valence-electron chi connectivity index (χ3n) is 3.27. The Morgan fingerprint density at radius 3 is 2.44 bits per heavy atom. The summed E-state index contributed by atoms with van der Waals surface area (Å²) in [5.41, 5.74) is 5.95. The van der Waals surface area contributed by atoms with Crippen molar-refractivity contribution in [1.82, 2.24) is 10.9 Å². The zero-order valence-corrected chi connectivity index (χ0v) is 15.3. The second-order valence-corrected chi connectivity index (χ2v) is 5.87. The van der Waals surface area contributed by atoms with Crippen LogP contribution in [-0.4, -0.2) is 25.2 Å². The lowest BCUT2D eigenvalue weighted by molar-refractivity contribution is 0.0910. The van der Waals surface area contributed by atoms with Crippen LogP contribution >= 0.6 is 15.9 Å². The van der Waals surface area contributed by atoms with Crippen LogP contribution in [0.1, 0.15) is 22.8 Å². The summed E-state index contributed by atoms with van der Waals surface area (Å²) in [5, 5.41) is 0. The predicted octanol–water partition coefficient (Wildman–Crippen LogP) is 3.46. The molecule has 0 heterocycles. The van der Waals surface area contributed by atoms with Crippen molar-refractivity contribution in [3.05, 3.63) is 64.1 Å². The number of nitrogens with one attached hydrogen (secondary N) is 2. The van der Waals surface area contributed by atoms with Crippen molar-refractivity contribution < 1.29 is 19.1 Å². The third-order valence-corrected chi connectivity index (χ3v) is 4.04. The summed E-state index contributed by atoms with van der Waals surface area (Å²) < 4.78 is 11.3. The first kappa shape index (κ1) is 18.8. The molecule has 0 radical (unpaired) electrons. The largest absolute Gasteiger partial charge is 0.494 e. The lowest BCUT2D eigenvalue weighted by atomic mass is 10.2. The van der Waals surface area contributed by atoms with Gasteiger partial charge in [0.2, 0.25) is 0 Å². The van der Waals surface area contributed by atoms with Crippen LogP contribution in [0, 0.1) is 0 Å². The molecule has 0 spiro atoms. The quantitative estimate of drug-likeness (QED) is 0.720. The van der Waals surface area contributed by atoms with E-state index in [2.05, 4.69) is 26.8 Å². The maximum Gasteiger partial charge on any atom is 0.426 e. The van der Waals surface area contributed by atoms with Crippen molar-refractivity contribution >= 4 is 27.9 Å². The first-order chi connectivity index (χ1) is 12.1. The standard InChI is InChI=1S/C18H19BrN2O4/c1-2-24-15-9-7-14(8-10-15)17(22)20-21-18(23)25-12-11-13-5-3-4-6-16(13)19/h3-10H,2,11-12H2,1H3,(H,20,22)(H,21,23). The number of ether oxygens (including phenoxy) is 2. The van der Waals surface area contributed by atoms with Crippen molar-refractivity contribution in [3.63, 3.8) is 0 Å². The molecule has 25 heavy (non-hydrogen) atoms. The summed E-state index contributed by atoms with van der Waals surface area (Å²) in [6.07, 6.45) is -0.145. The second-order valence-electron chi connectivity index (χ2n) is 5.01. The van der Waals surface area contributed by atoms with E-state index in [0.717, 1.165) is 10.0 Å². The molecule has 2 amide bonds. The van der Waals surface area contributed by atoms with Gasteiger partial charge in [0.05, 0.1) is 13.2 Å². The van der Waals surface area contributed by atoms with Crippen LogP contribution < -0.4 is 15.6 Å². The number of carbonyl (C=O) groups excluding carboxylic acids is 2. The third kappa shape index (κ3) is 6.11. The van der Waals surface area contributed by atoms with Gasteiger partial charge in [-0.25, -0.2) is 10.2 Å². The highest BCUT2D eigenvalue weighted by Gasteiger charge is 2.08. The molecule has 0 saturated heterocycles. The highest BCUT2D eigenvalue weighted by Crippen LogP contribution is 2.16. The van der Waals surface area contributed by atoms with Gasteiger partial charge in [0.15, 0.2) is 0 Å². The van der Waals surface area contributed by atoms with Crippen molar-refractivity contribution in [1.29, 1.82) is 0 Å². The van der Waals surface area contributed by atoms with Crippen molar-refractivity contribution in [2.75, 3.05) is 13.2 Å². The molecule has 0 bridgehead atoms. The average Bonchev–Trinajstić information content (AvgIpc) is 2.62. The molecule has 0 aliphatic rings. The minimum Gasteiger partial charge on any atom is -0.494 e. The number of amides is 2. The molecule has 2 N–H and O–H groups in total. The van der Waals surface area contributed by atoms with Crippen molar-refractivity contribution in [2.45, 2.75) is 13.3 Å². The average molecular weight is 407 g/mol. The van der Waals surface area contributed by atoms with Gasteiger partial charge < -0.3 is 9.47 Å². The molecular weight excluding hydrogens is 388 g/mol. The van der Waals surface area contributed by atoms with Gasteiger partial charge in [-0.1, -0.05) is 34.1 Å². The van der Waals surface area contributed by atoms with E-state index >= 15 is 0 Å². The number of hydrogen-bond donors (Lipinski definition) is 2. The lowest BCUT2D eigenvalue weighted by Crippen LogP contribution is -2.42. The molecule has 2 rings (SSSR count). The Bertz CT molecular complexity index is 719. The lowest BCUT2D eigenvalue weighted by Gasteiger charge is -2.09. The molecule has 0 aliphatic heterocycles. The highest BCUT2D eigenvalue weighted by molar-refractivity contribution is 9.10. The SMILES string of the molecule is CCOc1ccc(C(=O)NNC(=O)OCCc2ccccc2Br)cc1. The molecule has 132 valence electrons. The van der Waals surface area contributed by atoms with E-state index in [1.165, 1.54) is 0 Å². The van der Waals surface area contributed by atoms with Crippen LogP contribution in [0.15, 0.2) is 53.0 Å². The van der Waals surface area contributed by atoms with Crippen LogP contribution in [0.2, 0.25) is 0 Å². The first-order valence-electron chi connectivity index (χ1n) is 7.79. The Labute approximate surface area is 154 Å². The molecular formula is C18H19BrN2O4. The van der Waals surface area contributed by atoms with Gasteiger partial charge in [0, 0.05) is 16.5 Å². The zero-order valence-electron chi connectivity index (χ0n) is 13.8. The van der Waals surface area contributed by atoms with Gasteiger partial charge in [-0.05, 0) is 42.8 Å². The van der Waals surface area contributed by atoms with E-state index < -0.39 is 12.0 Å². The summed E-state index contributed by atoms with van der Waals surface area (Å²) in [7, 11) is 0. The monoisotopic (exact) mass is 406 g/mol. The topological polar surface area (TPSA) is 76.7 Å². The van der Waals surface area contributed by atoms with Gasteiger partial charge in [-0.2, -0.15) is 0 Å². The van der Waals surface area contributed by atoms with Crippen LogP contribution in [0.5, 0.6) is 5.75 Å². The number of carbonyl (C=O) groups is 2. The van der Waals surface area contributed by atoms with E-state index in [1.54, 1.807) is 24.3 Å². The summed E-state index contributed by atoms with van der Waals surface area (Å²) >= 11 is 3.43. The van der Waals surface area contributed by atoms with Gasteiger partial charge in [-0.15, -0.1) is 0 Å². The molecule has 0 aromatic heterocycles. The molecule has 0 saturated carbocycles. The van der Waals surface area contributed by atoms with E-state index in [9.17, 15) is 9.59 Å². The van der Waals surface area contributed by atoms with Crippen LogP contribution in [0.3, 0.4) is 0 Å². The number of halogens is 1. The maximum absolute atomic E-state index is 11.9. The first-order valence-corrected chi connectivity index (χ1v) is 8.59. The van der Waals surface area contributed by atoms with Crippen molar-refractivity contribution in [2.24, 2.45) is 0 Å². The molecule has 7 heteroatoms. The molecule has 2 aromatic carbocycles. The smallest absolute Gasteiger partial charge is 0.426 e. The fraction of sp³-hybridized carbons (Fsp3) is 0.222. The Hall–Kier alpha value is -2.54. The Balaban J connectivity index is 1.72. The number of hydrazine groups is 1. The molecule has 6 nitrogen and oxygen atoms in total. The Kier molecular flexibility index (Phi) is 7.28. The minimum atomic E-state index is -0.716. The fourth-order valence-corrected chi connectivity index (χ4v) is 2.52. The fourth-order valence-electron chi connectivity index (χ4n) is 2.04. The van der Waals surface area contributed by atoms with Gasteiger partial charge in [0.1, 0.15) is 5.75 Å². The van der Waals surface area contributed by atoms with Crippen molar-refractivity contribution in [3.8, 4) is 5.75 Å². The Morgan fingerprint density at radius 1 is 1.04 bits per heavy atom. The van der Waals surface area contributed by atoms with E-state index in [0.29, 0.717) is 24.3 Å². The molecule has 0 unspecified atom stereocenters. The van der Waals surface area contributed by atoms with Crippen LogP contribution in [0.25, 0.3) is 0 Å². The summed E-state index contributed by atoms with van der Waals surface area (Å²) in [5.74, 6) is 0.240. The molecule has 0 fully saturated rings. The van der Waals surface area contributed by atoms with E-state index in [4.69, 9.17) is 9.47 Å². The predicted molar refractivity (Wildman–Crippen MR) is 97.4 cm³/mol. The van der Waals surface area contributed by atoms with Gasteiger partial charge in [-0.3, -0.25) is 10.2 Å². The Morgan fingerprint density at radius 2 is 1.76 bits per heavy atom. The van der Waals surface area contributed by atoms with Crippen LogP contribution in [-0.2, 0) is 11.2 Å². The number of rotatable bonds is 6. The summed E-state index contributed by atoms with van der Waals surface area (Å²) in [6.45, 7) is 2.64. The maximum atomic E-state index is 11.9. The van der Waals surface area contributed by atoms with E-state index in [-0.39, 0.29) is 6.61 Å². The molecule has 2 aromatic rings. The minimum absolute atomic E-state index is 0.202. The second kappa shape index (κ2) is 9.68. The summed E-state index contributed by atoms with van der Waals surface area (Å²) in [6, 6.07) is 14.3. The highest BCUT2D eigenvalue weighted by atomic mass is 79.9. The molecule has 0 atom stereocenters. The van der Waals surface area contributed by atoms with Gasteiger partial charge in [0.25, 0.3) is 5.91 Å². The van der Waals surface area contributed by atoms with Gasteiger partial charge >= 0.3 is 6.09 Å². The number of benzene rings is 2. The normalized spacial score (nSPS) is 10.0. The molecule has 0 aliphatic carbocycles. The summed E-state index contributed by atoms with van der Waals surface area (Å²) in [4.78, 5) is 23.5. The van der Waals surface area contributed by atoms with Crippen LogP contribution in [0.4, 0.5) is 4.79 Å². The van der Waals surface area contributed by atoms with E-state index in [1.807, 2.05) is 31.2 Å². The number of hydrogen-bond acceptors (Lipinski definition) is 4. The zero-order chi connectivity index (χ0) is 18.1.